The molecule has 13 heteroatoms. The van der Waals surface area contributed by atoms with Gasteiger partial charge in [0.05, 0.1) is 31.9 Å². The molecule has 0 radical (unpaired) electrons. The number of nitrogens with one attached hydrogen (secondary N) is 1. The first kappa shape index (κ1) is 34.8. The standard InChI is InChI=1S/C33H39ClFN3O7S/c1-22(33(40)36-25-11-6-5-7-12-25)37(20-23-10-8-9-13-27(23)35)32(39)21-38(28-18-24(34)14-16-29(28)43-2)46(41,42)26-15-17-30(44-3)31(19-26)45-4/h8-10,13-19,22,25H,5-7,11-12,20-21H2,1-4H3,(H,36,40)/t22-/m0/s1. The third-order valence-corrected chi connectivity index (χ3v) is 10.0. The maximum atomic E-state index is 14.9. The Morgan fingerprint density at radius 2 is 1.59 bits per heavy atom. The molecule has 1 aliphatic rings. The predicted octanol–water partition coefficient (Wildman–Crippen LogP) is 5.57. The van der Waals surface area contributed by atoms with Crippen molar-refractivity contribution in [3.05, 3.63) is 77.1 Å². The minimum absolute atomic E-state index is 0.0108. The molecule has 3 aromatic carbocycles. The maximum absolute atomic E-state index is 14.9. The number of benzene rings is 3. The molecular formula is C33H39ClFN3O7S. The van der Waals surface area contributed by atoms with Gasteiger partial charge in [0, 0.05) is 29.2 Å². The fraction of sp³-hybridized carbons (Fsp3) is 0.394. The number of halogens is 2. The van der Waals surface area contributed by atoms with Crippen LogP contribution in [0.25, 0.3) is 0 Å². The fourth-order valence-corrected chi connectivity index (χ4v) is 7.04. The number of carbonyl (C=O) groups is 2. The summed E-state index contributed by atoms with van der Waals surface area (Å²) in [4.78, 5) is 28.7. The zero-order chi connectivity index (χ0) is 33.4. The number of hydrogen-bond donors (Lipinski definition) is 1. The highest BCUT2D eigenvalue weighted by Crippen LogP contribution is 2.37. The molecule has 46 heavy (non-hydrogen) atoms. The fourth-order valence-electron chi connectivity index (χ4n) is 5.44. The van der Waals surface area contributed by atoms with Gasteiger partial charge in [-0.2, -0.15) is 0 Å². The molecule has 1 N–H and O–H groups in total. The van der Waals surface area contributed by atoms with E-state index in [0.717, 1.165) is 36.4 Å². The van der Waals surface area contributed by atoms with Gasteiger partial charge < -0.3 is 24.4 Å². The van der Waals surface area contributed by atoms with Crippen LogP contribution >= 0.6 is 11.6 Å². The Labute approximate surface area is 274 Å². The molecule has 0 aliphatic heterocycles. The largest absolute Gasteiger partial charge is 0.495 e. The van der Waals surface area contributed by atoms with E-state index in [0.29, 0.717) is 5.75 Å². The average Bonchev–Trinajstić information content (AvgIpc) is 3.06. The Balaban J connectivity index is 1.77. The van der Waals surface area contributed by atoms with Gasteiger partial charge >= 0.3 is 0 Å². The van der Waals surface area contributed by atoms with E-state index < -0.39 is 40.2 Å². The van der Waals surface area contributed by atoms with E-state index in [4.69, 9.17) is 25.8 Å². The topological polar surface area (TPSA) is 114 Å². The van der Waals surface area contributed by atoms with Gasteiger partial charge in [0.1, 0.15) is 24.2 Å². The van der Waals surface area contributed by atoms with E-state index >= 15 is 0 Å². The first-order chi connectivity index (χ1) is 22.0. The van der Waals surface area contributed by atoms with Gasteiger partial charge in [0.15, 0.2) is 11.5 Å². The van der Waals surface area contributed by atoms with Crippen LogP contribution in [0.3, 0.4) is 0 Å². The van der Waals surface area contributed by atoms with Crippen molar-refractivity contribution in [3.8, 4) is 17.2 Å². The van der Waals surface area contributed by atoms with Gasteiger partial charge in [-0.3, -0.25) is 13.9 Å². The van der Waals surface area contributed by atoms with Crippen molar-refractivity contribution >= 4 is 39.1 Å². The SMILES string of the molecule is COc1ccc(S(=O)(=O)N(CC(=O)N(Cc2ccccc2F)[C@@H](C)C(=O)NC2CCCCC2)c2cc(Cl)ccc2OC)cc1OC. The molecule has 0 spiro atoms. The molecule has 1 atom stereocenters. The average molecular weight is 676 g/mol. The van der Waals surface area contributed by atoms with Crippen LogP contribution in [0.5, 0.6) is 17.2 Å². The Kier molecular flexibility index (Phi) is 11.7. The first-order valence-corrected chi connectivity index (χ1v) is 16.7. The molecule has 0 aromatic heterocycles. The van der Waals surface area contributed by atoms with Crippen LogP contribution in [-0.4, -0.2) is 65.1 Å². The number of rotatable bonds is 13. The molecular weight excluding hydrogens is 637 g/mol. The van der Waals surface area contributed by atoms with Gasteiger partial charge in [0.2, 0.25) is 11.8 Å². The molecule has 0 unspecified atom stereocenters. The molecule has 4 rings (SSSR count). The zero-order valence-corrected chi connectivity index (χ0v) is 27.9. The maximum Gasteiger partial charge on any atom is 0.265 e. The van der Waals surface area contributed by atoms with Gasteiger partial charge in [0.25, 0.3) is 10.0 Å². The lowest BCUT2D eigenvalue weighted by atomic mass is 9.95. The van der Waals surface area contributed by atoms with Gasteiger partial charge in [-0.25, -0.2) is 12.8 Å². The summed E-state index contributed by atoms with van der Waals surface area (Å²) in [6.45, 7) is 0.509. The van der Waals surface area contributed by atoms with Crippen LogP contribution in [0, 0.1) is 5.82 Å². The van der Waals surface area contributed by atoms with Gasteiger partial charge in [-0.15, -0.1) is 0 Å². The number of sulfonamides is 1. The van der Waals surface area contributed by atoms with E-state index in [-0.39, 0.29) is 45.3 Å². The van der Waals surface area contributed by atoms with E-state index in [1.165, 1.54) is 80.8 Å². The second-order valence-electron chi connectivity index (χ2n) is 11.0. The van der Waals surface area contributed by atoms with Crippen LogP contribution in [-0.2, 0) is 26.2 Å². The Bertz CT molecular complexity index is 1650. The molecule has 1 fully saturated rings. The van der Waals surface area contributed by atoms with E-state index in [2.05, 4.69) is 5.32 Å². The van der Waals surface area contributed by atoms with Crippen molar-refractivity contribution in [3.63, 3.8) is 0 Å². The molecule has 10 nitrogen and oxygen atoms in total. The third kappa shape index (κ3) is 8.03. The molecule has 0 saturated heterocycles. The van der Waals surface area contributed by atoms with Gasteiger partial charge in [-0.1, -0.05) is 49.1 Å². The number of nitrogens with zero attached hydrogens (tertiary/aromatic N) is 2. The molecule has 248 valence electrons. The van der Waals surface area contributed by atoms with Crippen LogP contribution in [0.4, 0.5) is 10.1 Å². The zero-order valence-electron chi connectivity index (χ0n) is 26.3. The van der Waals surface area contributed by atoms with Gasteiger partial charge in [-0.05, 0) is 56.2 Å². The Morgan fingerprint density at radius 1 is 0.935 bits per heavy atom. The summed E-state index contributed by atoms with van der Waals surface area (Å²) in [5.74, 6) is -1.14. The molecule has 0 heterocycles. The molecule has 3 aromatic rings. The van der Waals surface area contributed by atoms with E-state index in [1.807, 2.05) is 0 Å². The number of anilines is 1. The van der Waals surface area contributed by atoms with E-state index in [9.17, 15) is 22.4 Å². The third-order valence-electron chi connectivity index (χ3n) is 8.05. The number of hydrogen-bond acceptors (Lipinski definition) is 7. The summed E-state index contributed by atoms with van der Waals surface area (Å²) in [6.07, 6.45) is 4.72. The highest BCUT2D eigenvalue weighted by molar-refractivity contribution is 7.92. The lowest BCUT2D eigenvalue weighted by molar-refractivity contribution is -0.139. The smallest absolute Gasteiger partial charge is 0.265 e. The minimum Gasteiger partial charge on any atom is -0.495 e. The Hall–Kier alpha value is -4.03. The second kappa shape index (κ2) is 15.5. The first-order valence-electron chi connectivity index (χ1n) is 14.9. The highest BCUT2D eigenvalue weighted by atomic mass is 35.5. The summed E-state index contributed by atoms with van der Waals surface area (Å²) in [7, 11) is -0.352. The number of carbonyl (C=O) groups excluding carboxylic acids is 2. The van der Waals surface area contributed by atoms with E-state index in [1.54, 1.807) is 13.0 Å². The summed E-state index contributed by atoms with van der Waals surface area (Å²) in [6, 6.07) is 13.2. The summed E-state index contributed by atoms with van der Waals surface area (Å²) in [5.41, 5.74) is 0.158. The van der Waals surface area contributed by atoms with Crippen molar-refractivity contribution in [2.24, 2.45) is 0 Å². The van der Waals surface area contributed by atoms with Crippen LogP contribution in [0.15, 0.2) is 65.6 Å². The van der Waals surface area contributed by atoms with Crippen molar-refractivity contribution in [1.29, 1.82) is 0 Å². The molecule has 0 bridgehead atoms. The van der Waals surface area contributed by atoms with Crippen molar-refractivity contribution < 1.29 is 36.6 Å². The monoisotopic (exact) mass is 675 g/mol. The lowest BCUT2D eigenvalue weighted by Gasteiger charge is -2.33. The van der Waals surface area contributed by atoms with Crippen molar-refractivity contribution in [1.82, 2.24) is 10.2 Å². The highest BCUT2D eigenvalue weighted by Gasteiger charge is 2.35. The van der Waals surface area contributed by atoms with Crippen LogP contribution in [0.1, 0.15) is 44.6 Å². The quantitative estimate of drug-likeness (QED) is 0.252. The van der Waals surface area contributed by atoms with Crippen LogP contribution < -0.4 is 23.8 Å². The molecule has 2 amide bonds. The number of ether oxygens (including phenoxy) is 3. The van der Waals surface area contributed by atoms with Crippen LogP contribution in [0.2, 0.25) is 5.02 Å². The van der Waals surface area contributed by atoms with Crippen molar-refractivity contribution in [2.45, 2.75) is 62.6 Å². The second-order valence-corrected chi connectivity index (χ2v) is 13.3. The summed E-state index contributed by atoms with van der Waals surface area (Å²) >= 11 is 6.31. The molecule has 1 saturated carbocycles. The predicted molar refractivity (Wildman–Crippen MR) is 174 cm³/mol. The number of methoxy groups -OCH3 is 3. The lowest BCUT2D eigenvalue weighted by Crippen LogP contribution is -2.53. The minimum atomic E-state index is -4.50. The Morgan fingerprint density at radius 3 is 2.24 bits per heavy atom. The number of amides is 2. The van der Waals surface area contributed by atoms with Crippen molar-refractivity contribution in [2.75, 3.05) is 32.2 Å². The summed E-state index contributed by atoms with van der Waals surface area (Å²) in [5, 5.41) is 3.22. The molecule has 1 aliphatic carbocycles. The normalized spacial score (nSPS) is 14.2. The summed E-state index contributed by atoms with van der Waals surface area (Å²) < 4.78 is 60.5.